The van der Waals surface area contributed by atoms with Crippen LogP contribution in [0.25, 0.3) is 11.0 Å². The third-order valence-corrected chi connectivity index (χ3v) is 4.71. The van der Waals surface area contributed by atoms with E-state index in [1.807, 2.05) is 19.1 Å². The minimum absolute atomic E-state index is 0.0871. The van der Waals surface area contributed by atoms with Crippen LogP contribution in [-0.2, 0) is 0 Å². The summed E-state index contributed by atoms with van der Waals surface area (Å²) >= 11 is 6.35. The maximum atomic E-state index is 6.35. The summed E-state index contributed by atoms with van der Waals surface area (Å²) in [4.78, 5) is 4.72. The van der Waals surface area contributed by atoms with Crippen LogP contribution in [0, 0.1) is 5.92 Å². The van der Waals surface area contributed by atoms with E-state index in [0.717, 1.165) is 28.5 Å². The van der Waals surface area contributed by atoms with Gasteiger partial charge in [0, 0.05) is 12.1 Å². The van der Waals surface area contributed by atoms with Gasteiger partial charge < -0.3 is 9.30 Å². The molecule has 1 aromatic heterocycles. The van der Waals surface area contributed by atoms with Gasteiger partial charge in [-0.15, -0.1) is 11.6 Å². The highest BCUT2D eigenvalue weighted by atomic mass is 35.5. The molecule has 3 rings (SSSR count). The molecule has 3 nitrogen and oxygen atoms in total. The normalized spacial score (nSPS) is 18.8. The van der Waals surface area contributed by atoms with Crippen LogP contribution in [0.5, 0.6) is 5.75 Å². The fraction of sp³-hybridized carbons (Fsp3) is 0.562. The Morgan fingerprint density at radius 1 is 1.35 bits per heavy atom. The molecule has 20 heavy (non-hydrogen) atoms. The van der Waals surface area contributed by atoms with Crippen LogP contribution in [-0.4, -0.2) is 16.7 Å². The van der Waals surface area contributed by atoms with Crippen LogP contribution in [0.4, 0.5) is 0 Å². The number of nitrogens with zero attached hydrogens (tertiary/aromatic N) is 2. The molecule has 2 unspecified atom stereocenters. The average Bonchev–Trinajstić information content (AvgIpc) is 2.74. The van der Waals surface area contributed by atoms with E-state index >= 15 is 0 Å². The van der Waals surface area contributed by atoms with Crippen molar-refractivity contribution in [2.75, 3.05) is 7.11 Å². The smallest absolute Gasteiger partial charge is 0.127 e. The number of methoxy groups -OCH3 is 1. The summed E-state index contributed by atoms with van der Waals surface area (Å²) < 4.78 is 7.67. The first kappa shape index (κ1) is 13.7. The second-order valence-electron chi connectivity index (χ2n) is 5.74. The Hall–Kier alpha value is -1.22. The number of aromatic nitrogens is 2. The third kappa shape index (κ3) is 2.18. The zero-order valence-electron chi connectivity index (χ0n) is 12.3. The van der Waals surface area contributed by atoms with Gasteiger partial charge in [0.1, 0.15) is 11.6 Å². The molecule has 0 radical (unpaired) electrons. The van der Waals surface area contributed by atoms with Gasteiger partial charge in [0.05, 0.1) is 23.5 Å². The SMILES string of the molecule is COc1ccc2nc(C(C)Cl)n(C(C)C3CCC3)c2c1. The van der Waals surface area contributed by atoms with E-state index in [1.165, 1.54) is 19.3 Å². The summed E-state index contributed by atoms with van der Waals surface area (Å²) in [6.07, 6.45) is 3.96. The summed E-state index contributed by atoms with van der Waals surface area (Å²) in [6, 6.07) is 6.48. The molecule has 1 aliphatic rings. The molecular weight excluding hydrogens is 272 g/mol. The maximum Gasteiger partial charge on any atom is 0.127 e. The fourth-order valence-electron chi connectivity index (χ4n) is 3.06. The highest BCUT2D eigenvalue weighted by Gasteiger charge is 2.29. The highest BCUT2D eigenvalue weighted by Crippen LogP contribution is 2.40. The second kappa shape index (κ2) is 5.28. The molecule has 0 saturated heterocycles. The van der Waals surface area contributed by atoms with Crippen LogP contribution in [0.15, 0.2) is 18.2 Å². The standard InChI is InChI=1S/C16H21ClN2O/c1-10(17)16-18-14-8-7-13(20-3)9-15(14)19(16)11(2)12-5-4-6-12/h7-12H,4-6H2,1-3H3. The monoisotopic (exact) mass is 292 g/mol. The molecule has 0 N–H and O–H groups in total. The van der Waals surface area contributed by atoms with Crippen molar-refractivity contribution in [3.05, 3.63) is 24.0 Å². The first-order valence-electron chi connectivity index (χ1n) is 7.31. The van der Waals surface area contributed by atoms with Gasteiger partial charge in [-0.2, -0.15) is 0 Å². The molecule has 0 amide bonds. The number of hydrogen-bond donors (Lipinski definition) is 0. The van der Waals surface area contributed by atoms with Crippen LogP contribution >= 0.6 is 11.6 Å². The van der Waals surface area contributed by atoms with Crippen molar-refractivity contribution >= 4 is 22.6 Å². The van der Waals surface area contributed by atoms with Crippen LogP contribution < -0.4 is 4.74 Å². The first-order valence-corrected chi connectivity index (χ1v) is 7.75. The van der Waals surface area contributed by atoms with Crippen molar-refractivity contribution in [2.45, 2.75) is 44.5 Å². The molecule has 1 saturated carbocycles. The summed E-state index contributed by atoms with van der Waals surface area (Å²) in [6.45, 7) is 4.27. The van der Waals surface area contributed by atoms with E-state index < -0.39 is 0 Å². The van der Waals surface area contributed by atoms with E-state index in [1.54, 1.807) is 7.11 Å². The van der Waals surface area contributed by atoms with Gasteiger partial charge in [-0.1, -0.05) is 6.42 Å². The molecule has 1 fully saturated rings. The number of imidazole rings is 1. The average molecular weight is 293 g/mol. The molecular formula is C16H21ClN2O. The number of halogens is 1. The third-order valence-electron chi connectivity index (χ3n) is 4.52. The molecule has 0 aliphatic heterocycles. The Bertz CT molecular complexity index is 616. The van der Waals surface area contributed by atoms with Crippen molar-refractivity contribution in [3.63, 3.8) is 0 Å². The predicted molar refractivity (Wildman–Crippen MR) is 82.6 cm³/mol. The van der Waals surface area contributed by atoms with Crippen molar-refractivity contribution in [1.29, 1.82) is 0 Å². The zero-order valence-corrected chi connectivity index (χ0v) is 13.0. The van der Waals surface area contributed by atoms with Gasteiger partial charge in [0.2, 0.25) is 0 Å². The lowest BCUT2D eigenvalue weighted by atomic mass is 9.80. The molecule has 0 spiro atoms. The predicted octanol–water partition coefficient (Wildman–Crippen LogP) is 4.71. The van der Waals surface area contributed by atoms with Crippen molar-refractivity contribution < 1.29 is 4.74 Å². The van der Waals surface area contributed by atoms with Gasteiger partial charge in [-0.3, -0.25) is 0 Å². The first-order chi connectivity index (χ1) is 9.61. The summed E-state index contributed by atoms with van der Waals surface area (Å²) in [7, 11) is 1.70. The topological polar surface area (TPSA) is 27.1 Å². The minimum Gasteiger partial charge on any atom is -0.497 e. The number of alkyl halides is 1. The molecule has 4 heteroatoms. The molecule has 0 bridgehead atoms. The molecule has 2 atom stereocenters. The second-order valence-corrected chi connectivity index (χ2v) is 6.40. The van der Waals surface area contributed by atoms with Crippen molar-refractivity contribution in [3.8, 4) is 5.75 Å². The fourth-order valence-corrected chi connectivity index (χ4v) is 3.21. The maximum absolute atomic E-state index is 6.35. The van der Waals surface area contributed by atoms with E-state index in [9.17, 15) is 0 Å². The van der Waals surface area contributed by atoms with Gasteiger partial charge in [-0.25, -0.2) is 4.98 Å². The van der Waals surface area contributed by atoms with Crippen LogP contribution in [0.1, 0.15) is 50.4 Å². The van der Waals surface area contributed by atoms with Crippen molar-refractivity contribution in [2.24, 2.45) is 5.92 Å². The Kier molecular flexibility index (Phi) is 3.63. The van der Waals surface area contributed by atoms with Gasteiger partial charge in [0.25, 0.3) is 0 Å². The van der Waals surface area contributed by atoms with Gasteiger partial charge in [0.15, 0.2) is 0 Å². The number of rotatable bonds is 4. The lowest BCUT2D eigenvalue weighted by molar-refractivity contribution is 0.222. The number of fused-ring (bicyclic) bond motifs is 1. The van der Waals surface area contributed by atoms with Crippen LogP contribution in [0.2, 0.25) is 0 Å². The minimum atomic E-state index is -0.0871. The summed E-state index contributed by atoms with van der Waals surface area (Å²) in [5.41, 5.74) is 2.13. The van der Waals surface area contributed by atoms with Crippen LogP contribution in [0.3, 0.4) is 0 Å². The van der Waals surface area contributed by atoms with Gasteiger partial charge in [-0.05, 0) is 44.7 Å². The van der Waals surface area contributed by atoms with E-state index in [-0.39, 0.29) is 5.38 Å². The molecule has 1 heterocycles. The number of benzene rings is 1. The van der Waals surface area contributed by atoms with E-state index in [4.69, 9.17) is 21.3 Å². The van der Waals surface area contributed by atoms with Gasteiger partial charge >= 0.3 is 0 Å². The Labute approximate surface area is 124 Å². The summed E-state index contributed by atoms with van der Waals surface area (Å²) in [5, 5.41) is -0.0871. The molecule has 1 aromatic carbocycles. The molecule has 108 valence electrons. The van der Waals surface area contributed by atoms with E-state index in [2.05, 4.69) is 17.6 Å². The molecule has 2 aromatic rings. The Balaban J connectivity index is 2.15. The lowest BCUT2D eigenvalue weighted by Crippen LogP contribution is -2.24. The largest absolute Gasteiger partial charge is 0.497 e. The highest BCUT2D eigenvalue weighted by molar-refractivity contribution is 6.20. The number of ether oxygens (including phenoxy) is 1. The van der Waals surface area contributed by atoms with Crippen molar-refractivity contribution in [1.82, 2.24) is 9.55 Å². The Morgan fingerprint density at radius 2 is 2.10 bits per heavy atom. The summed E-state index contributed by atoms with van der Waals surface area (Å²) in [5.74, 6) is 2.58. The quantitative estimate of drug-likeness (QED) is 0.763. The Morgan fingerprint density at radius 3 is 2.65 bits per heavy atom. The molecule has 1 aliphatic carbocycles. The number of hydrogen-bond acceptors (Lipinski definition) is 2. The lowest BCUT2D eigenvalue weighted by Gasteiger charge is -2.33. The zero-order chi connectivity index (χ0) is 14.3. The van der Waals surface area contributed by atoms with E-state index in [0.29, 0.717) is 6.04 Å².